The van der Waals surface area contributed by atoms with Crippen molar-refractivity contribution in [1.29, 1.82) is 0 Å². The molecule has 2 aromatic heterocycles. The zero-order valence-electron chi connectivity index (χ0n) is 24.8. The van der Waals surface area contributed by atoms with Crippen molar-refractivity contribution in [2.45, 2.75) is 84.3 Å². The zero-order chi connectivity index (χ0) is 29.5. The summed E-state index contributed by atoms with van der Waals surface area (Å²) >= 11 is 6.04. The van der Waals surface area contributed by atoms with Crippen molar-refractivity contribution in [2.75, 3.05) is 18.6 Å². The van der Waals surface area contributed by atoms with Crippen LogP contribution in [0.4, 0.5) is 5.82 Å². The van der Waals surface area contributed by atoms with Gasteiger partial charge in [0.2, 0.25) is 11.8 Å². The number of aliphatic hydroxyl groups is 1. The molecule has 0 spiro atoms. The summed E-state index contributed by atoms with van der Waals surface area (Å²) in [6, 6.07) is 4.25. The monoisotopic (exact) mass is 581 g/mol. The summed E-state index contributed by atoms with van der Waals surface area (Å²) in [7, 11) is 1.55. The lowest BCUT2D eigenvalue weighted by atomic mass is 9.78. The molecule has 0 aliphatic heterocycles. The Morgan fingerprint density at radius 2 is 1.88 bits per heavy atom. The first-order valence-electron chi connectivity index (χ1n) is 14.8. The van der Waals surface area contributed by atoms with Crippen LogP contribution in [-0.4, -0.2) is 51.8 Å². The molecule has 0 bridgehead atoms. The molecule has 0 saturated heterocycles. The van der Waals surface area contributed by atoms with Crippen LogP contribution >= 0.6 is 11.6 Å². The van der Waals surface area contributed by atoms with Gasteiger partial charge < -0.3 is 9.84 Å². The third kappa shape index (κ3) is 8.07. The number of allylic oxidation sites excluding steroid dienone is 2. The predicted molar refractivity (Wildman–Crippen MR) is 165 cm³/mol. The van der Waals surface area contributed by atoms with Gasteiger partial charge in [0, 0.05) is 42.7 Å². The Kier molecular flexibility index (Phi) is 10.8. The van der Waals surface area contributed by atoms with Crippen LogP contribution in [0.5, 0.6) is 0 Å². The first-order valence-corrected chi connectivity index (χ1v) is 15.2. The Morgan fingerprint density at radius 3 is 2.49 bits per heavy atom. The van der Waals surface area contributed by atoms with Crippen molar-refractivity contribution < 1.29 is 14.6 Å². The van der Waals surface area contributed by atoms with E-state index in [0.717, 1.165) is 42.4 Å². The smallest absolute Gasteiger partial charge is 0.231 e. The fourth-order valence-corrected chi connectivity index (χ4v) is 5.98. The first kappa shape index (κ1) is 31.0. The van der Waals surface area contributed by atoms with Crippen LogP contribution in [0, 0.1) is 17.8 Å². The van der Waals surface area contributed by atoms with E-state index in [1.165, 1.54) is 0 Å². The second-order valence-electron chi connectivity index (χ2n) is 11.8. The summed E-state index contributed by atoms with van der Waals surface area (Å²) in [5.74, 6) is 1.82. The van der Waals surface area contributed by atoms with Gasteiger partial charge in [0.25, 0.3) is 0 Å². The maximum atomic E-state index is 14.0. The largest absolute Gasteiger partial charge is 0.480 e. The molecule has 4 rings (SSSR count). The molecule has 2 fully saturated rings. The molecule has 2 aliphatic rings. The van der Waals surface area contributed by atoms with Crippen molar-refractivity contribution in [1.82, 2.24) is 14.8 Å². The Morgan fingerprint density at radius 1 is 1.20 bits per heavy atom. The third-order valence-electron chi connectivity index (χ3n) is 8.45. The van der Waals surface area contributed by atoms with Gasteiger partial charge in [-0.25, -0.2) is 9.98 Å². The summed E-state index contributed by atoms with van der Waals surface area (Å²) in [5, 5.41) is 15.0. The Hall–Kier alpha value is -2.97. The normalized spacial score (nSPS) is 23.9. The lowest BCUT2D eigenvalue weighted by molar-refractivity contribution is -0.124. The zero-order valence-corrected chi connectivity index (χ0v) is 25.6. The van der Waals surface area contributed by atoms with Gasteiger partial charge in [-0.3, -0.25) is 14.4 Å². The molecule has 9 heteroatoms. The molecular weight excluding hydrogens is 538 g/mol. The number of aromatic nitrogens is 3. The van der Waals surface area contributed by atoms with Crippen LogP contribution in [0.3, 0.4) is 0 Å². The molecule has 0 aromatic carbocycles. The van der Waals surface area contributed by atoms with Gasteiger partial charge in [-0.1, -0.05) is 18.2 Å². The van der Waals surface area contributed by atoms with E-state index in [2.05, 4.69) is 35.5 Å². The minimum atomic E-state index is -0.304. The molecule has 2 saturated carbocycles. The number of amides is 1. The second-order valence-corrected chi connectivity index (χ2v) is 12.3. The van der Waals surface area contributed by atoms with Crippen LogP contribution in [0.2, 0.25) is 0 Å². The summed E-state index contributed by atoms with van der Waals surface area (Å²) in [4.78, 5) is 24.9. The topological polar surface area (TPSA) is 92.8 Å². The highest BCUT2D eigenvalue weighted by Crippen LogP contribution is 2.35. The standard InChI is InChI=1S/C32H44ClN5O3/c1-21(2)38-20-28(18-36-38)27-14-15-34-30(16-27)37(32(40)26-10-12-29(39)13-11-26)19-24-6-8-25(9-7-24)22(3)17-35-31(41-5)23(4)33/h14-18,20-21,24-26,29,39H,3,6-13,19H2,1-2,4-5H3/b31-23-,35-17-/t24-,25-,26-,29-. The van der Waals surface area contributed by atoms with Crippen molar-refractivity contribution in [3.63, 3.8) is 0 Å². The number of aliphatic hydroxyl groups excluding tert-OH is 1. The summed E-state index contributed by atoms with van der Waals surface area (Å²) in [6.45, 7) is 10.8. The van der Waals surface area contributed by atoms with Crippen molar-refractivity contribution in [2.24, 2.45) is 22.7 Å². The highest BCUT2D eigenvalue weighted by atomic mass is 35.5. The number of ether oxygens (including phenoxy) is 1. The number of carbonyl (C=O) groups excluding carboxylic acids is 1. The van der Waals surface area contributed by atoms with Gasteiger partial charge in [0.1, 0.15) is 5.82 Å². The Balaban J connectivity index is 1.49. The fraction of sp³-hybridized carbons (Fsp3) is 0.562. The van der Waals surface area contributed by atoms with Crippen LogP contribution in [-0.2, 0) is 9.53 Å². The average molecular weight is 582 g/mol. The maximum Gasteiger partial charge on any atom is 0.231 e. The molecule has 8 nitrogen and oxygen atoms in total. The Bertz CT molecular complexity index is 1250. The minimum Gasteiger partial charge on any atom is -0.480 e. The number of pyridine rings is 1. The summed E-state index contributed by atoms with van der Waals surface area (Å²) in [6.07, 6.45) is 13.9. The Labute approximate surface area is 249 Å². The van der Waals surface area contributed by atoms with Crippen LogP contribution in [0.25, 0.3) is 11.1 Å². The van der Waals surface area contributed by atoms with Gasteiger partial charge in [0.15, 0.2) is 0 Å². The van der Waals surface area contributed by atoms with E-state index in [9.17, 15) is 9.90 Å². The third-order valence-corrected chi connectivity index (χ3v) is 8.61. The van der Waals surface area contributed by atoms with E-state index in [1.807, 2.05) is 34.1 Å². The summed E-state index contributed by atoms with van der Waals surface area (Å²) in [5.41, 5.74) is 2.97. The molecule has 0 radical (unpaired) electrons. The minimum absolute atomic E-state index is 0.0895. The lowest BCUT2D eigenvalue weighted by Crippen LogP contribution is -2.42. The van der Waals surface area contributed by atoms with Gasteiger partial charge in [-0.15, -0.1) is 0 Å². The molecular formula is C32H44ClN5O3. The number of rotatable bonds is 10. The lowest BCUT2D eigenvalue weighted by Gasteiger charge is -2.35. The van der Waals surface area contributed by atoms with Gasteiger partial charge in [-0.05, 0) is 107 Å². The van der Waals surface area contributed by atoms with Crippen LogP contribution in [0.1, 0.15) is 78.2 Å². The molecule has 2 aliphatic carbocycles. The van der Waals surface area contributed by atoms with Gasteiger partial charge in [-0.2, -0.15) is 5.10 Å². The number of halogens is 1. The van der Waals surface area contributed by atoms with E-state index >= 15 is 0 Å². The number of anilines is 1. The van der Waals surface area contributed by atoms with Crippen LogP contribution in [0.15, 0.2) is 58.8 Å². The molecule has 2 heterocycles. The molecule has 1 amide bonds. The van der Waals surface area contributed by atoms with Gasteiger partial charge >= 0.3 is 0 Å². The highest BCUT2D eigenvalue weighted by Gasteiger charge is 2.33. The maximum absolute atomic E-state index is 14.0. The SMILES string of the molecule is C=C(/C=N\C(OC)=C(/C)Cl)[C@H]1CC[C@H](CN(c2cc(-c3cnn(C(C)C)c3)ccn2)C(=O)[C@H]2CC[C@H](O)CC2)CC1. The number of hydrogen-bond donors (Lipinski definition) is 1. The molecule has 2 aromatic rings. The van der Waals surface area contributed by atoms with Gasteiger partial charge in [0.05, 0.1) is 24.4 Å². The first-order chi connectivity index (χ1) is 19.7. The van der Waals surface area contributed by atoms with Crippen molar-refractivity contribution in [3.05, 3.63) is 53.8 Å². The average Bonchev–Trinajstić information content (AvgIpc) is 3.47. The summed E-state index contributed by atoms with van der Waals surface area (Å²) < 4.78 is 7.16. The number of carbonyl (C=O) groups is 1. The number of aliphatic imine (C=N–C) groups is 1. The molecule has 41 heavy (non-hydrogen) atoms. The van der Waals surface area contributed by atoms with E-state index in [4.69, 9.17) is 16.3 Å². The van der Waals surface area contributed by atoms with Crippen molar-refractivity contribution in [3.8, 4) is 11.1 Å². The van der Waals surface area contributed by atoms with E-state index < -0.39 is 0 Å². The van der Waals surface area contributed by atoms with Crippen LogP contribution < -0.4 is 4.90 Å². The quantitative estimate of drug-likeness (QED) is 0.243. The number of hydrogen-bond acceptors (Lipinski definition) is 6. The molecule has 0 unspecified atom stereocenters. The highest BCUT2D eigenvalue weighted by molar-refractivity contribution is 6.29. The number of nitrogens with zero attached hydrogens (tertiary/aromatic N) is 5. The second kappa shape index (κ2) is 14.3. The predicted octanol–water partition coefficient (Wildman–Crippen LogP) is 6.92. The molecule has 222 valence electrons. The van der Waals surface area contributed by atoms with E-state index in [0.29, 0.717) is 60.8 Å². The number of methoxy groups -OCH3 is 1. The van der Waals surface area contributed by atoms with E-state index in [-0.39, 0.29) is 24.0 Å². The van der Waals surface area contributed by atoms with E-state index in [1.54, 1.807) is 26.4 Å². The van der Waals surface area contributed by atoms with Crippen molar-refractivity contribution >= 4 is 29.5 Å². The molecule has 0 atom stereocenters. The fourth-order valence-electron chi connectivity index (χ4n) is 5.86. The molecule has 1 N–H and O–H groups in total.